The summed E-state index contributed by atoms with van der Waals surface area (Å²) in [5.74, 6) is 1.14. The highest BCUT2D eigenvalue weighted by atomic mass is 16.5. The van der Waals surface area contributed by atoms with Crippen LogP contribution >= 0.6 is 0 Å². The summed E-state index contributed by atoms with van der Waals surface area (Å²) >= 11 is 0. The number of amides is 1. The molecule has 3 N–H and O–H groups in total. The van der Waals surface area contributed by atoms with Gasteiger partial charge in [0, 0.05) is 12.1 Å². The topological polar surface area (TPSA) is 73.6 Å². The monoisotopic (exact) mass is 312 g/mol. The van der Waals surface area contributed by atoms with E-state index in [1.54, 1.807) is 7.11 Å². The van der Waals surface area contributed by atoms with E-state index < -0.39 is 0 Å². The van der Waals surface area contributed by atoms with Crippen LogP contribution in [0, 0.1) is 0 Å². The lowest BCUT2D eigenvalue weighted by Crippen LogP contribution is -2.37. The number of nitrogens with one attached hydrogen (secondary N) is 1. The number of carbonyl (C=O) groups excluding carboxylic acids is 1. The number of hydrogen-bond donors (Lipinski definition) is 2. The van der Waals surface area contributed by atoms with Gasteiger partial charge >= 0.3 is 0 Å². The molecule has 0 aliphatic carbocycles. The van der Waals surface area contributed by atoms with E-state index in [1.807, 2.05) is 48.5 Å². The lowest BCUT2D eigenvalue weighted by molar-refractivity contribution is -0.123. The van der Waals surface area contributed by atoms with Gasteiger partial charge in [-0.25, -0.2) is 0 Å². The number of methoxy groups -OCH3 is 1. The molecule has 5 heteroatoms. The number of ether oxygens (including phenoxy) is 2. The zero-order valence-electron chi connectivity index (χ0n) is 13.0. The van der Waals surface area contributed by atoms with Crippen molar-refractivity contribution in [1.82, 2.24) is 5.32 Å². The van der Waals surface area contributed by atoms with Gasteiger partial charge in [-0.3, -0.25) is 4.79 Å². The standard InChI is InChI=1S/C18H20N2O3/c1-22-13-6-4-5-12(9-13)16(10-19)20-18(21)15-11-23-17-8-3-2-7-14(15)17/h2-9,15-16H,10-11,19H2,1H3,(H,20,21). The molecule has 0 radical (unpaired) electrons. The molecule has 2 atom stereocenters. The molecule has 0 saturated carbocycles. The average Bonchev–Trinajstić information content (AvgIpc) is 3.03. The number of benzene rings is 2. The van der Waals surface area contributed by atoms with E-state index in [0.717, 1.165) is 22.6 Å². The SMILES string of the molecule is COc1cccc(C(CN)NC(=O)C2COc3ccccc32)c1. The maximum atomic E-state index is 12.6. The Hall–Kier alpha value is -2.53. The van der Waals surface area contributed by atoms with Crippen LogP contribution in [-0.2, 0) is 4.79 Å². The molecule has 1 aliphatic heterocycles. The summed E-state index contributed by atoms with van der Waals surface area (Å²) in [6.07, 6.45) is 0. The minimum atomic E-state index is -0.300. The first kappa shape index (κ1) is 15.4. The molecule has 2 unspecified atom stereocenters. The van der Waals surface area contributed by atoms with Crippen molar-refractivity contribution in [2.75, 3.05) is 20.3 Å². The Morgan fingerprint density at radius 1 is 1.35 bits per heavy atom. The van der Waals surface area contributed by atoms with E-state index in [4.69, 9.17) is 15.2 Å². The highest BCUT2D eigenvalue weighted by Crippen LogP contribution is 2.34. The number of para-hydroxylation sites is 1. The summed E-state index contributed by atoms with van der Waals surface area (Å²) < 4.78 is 10.8. The van der Waals surface area contributed by atoms with Crippen molar-refractivity contribution in [1.29, 1.82) is 0 Å². The van der Waals surface area contributed by atoms with Crippen molar-refractivity contribution in [3.63, 3.8) is 0 Å². The summed E-state index contributed by atoms with van der Waals surface area (Å²) in [5.41, 5.74) is 7.70. The first-order chi connectivity index (χ1) is 11.2. The molecule has 3 rings (SSSR count). The van der Waals surface area contributed by atoms with E-state index in [2.05, 4.69) is 5.32 Å². The zero-order chi connectivity index (χ0) is 16.2. The molecule has 120 valence electrons. The maximum absolute atomic E-state index is 12.6. The van der Waals surface area contributed by atoms with E-state index in [0.29, 0.717) is 13.2 Å². The highest BCUT2D eigenvalue weighted by Gasteiger charge is 2.31. The molecule has 0 bridgehead atoms. The molecule has 0 fully saturated rings. The molecule has 5 nitrogen and oxygen atoms in total. The van der Waals surface area contributed by atoms with E-state index in [-0.39, 0.29) is 17.9 Å². The van der Waals surface area contributed by atoms with Crippen LogP contribution in [0.5, 0.6) is 11.5 Å². The van der Waals surface area contributed by atoms with Gasteiger partial charge in [0.15, 0.2) is 0 Å². The third-order valence-electron chi connectivity index (χ3n) is 4.06. The summed E-state index contributed by atoms with van der Waals surface area (Å²) in [4.78, 5) is 12.6. The predicted molar refractivity (Wildman–Crippen MR) is 87.6 cm³/mol. The van der Waals surface area contributed by atoms with Crippen molar-refractivity contribution in [2.45, 2.75) is 12.0 Å². The Balaban J connectivity index is 1.76. The quantitative estimate of drug-likeness (QED) is 0.885. The van der Waals surface area contributed by atoms with Gasteiger partial charge in [-0.1, -0.05) is 30.3 Å². The van der Waals surface area contributed by atoms with Crippen LogP contribution in [0.3, 0.4) is 0 Å². The summed E-state index contributed by atoms with van der Waals surface area (Å²) in [5, 5.41) is 3.02. The normalized spacial score (nSPS) is 17.0. The van der Waals surface area contributed by atoms with E-state index >= 15 is 0 Å². The van der Waals surface area contributed by atoms with Crippen LogP contribution in [0.25, 0.3) is 0 Å². The second-order valence-electron chi connectivity index (χ2n) is 5.47. The van der Waals surface area contributed by atoms with Crippen molar-refractivity contribution in [2.24, 2.45) is 5.73 Å². The van der Waals surface area contributed by atoms with Gasteiger partial charge in [0.05, 0.1) is 13.2 Å². The van der Waals surface area contributed by atoms with Gasteiger partial charge in [0.1, 0.15) is 24.0 Å². The molecule has 2 aromatic rings. The molecule has 1 amide bonds. The number of fused-ring (bicyclic) bond motifs is 1. The van der Waals surface area contributed by atoms with Crippen LogP contribution < -0.4 is 20.5 Å². The maximum Gasteiger partial charge on any atom is 0.231 e. The Labute approximate surface area is 135 Å². The van der Waals surface area contributed by atoms with E-state index in [9.17, 15) is 4.79 Å². The van der Waals surface area contributed by atoms with Crippen LogP contribution in [0.15, 0.2) is 48.5 Å². The zero-order valence-corrected chi connectivity index (χ0v) is 13.0. The van der Waals surface area contributed by atoms with Gasteiger partial charge in [-0.2, -0.15) is 0 Å². The van der Waals surface area contributed by atoms with Gasteiger partial charge in [0.2, 0.25) is 5.91 Å². The lowest BCUT2D eigenvalue weighted by atomic mass is 9.99. The number of hydrogen-bond acceptors (Lipinski definition) is 4. The molecule has 0 spiro atoms. The third-order valence-corrected chi connectivity index (χ3v) is 4.06. The highest BCUT2D eigenvalue weighted by molar-refractivity contribution is 5.85. The second kappa shape index (κ2) is 6.71. The Morgan fingerprint density at radius 3 is 2.96 bits per heavy atom. The largest absolute Gasteiger partial charge is 0.497 e. The minimum Gasteiger partial charge on any atom is -0.497 e. The molecule has 0 aromatic heterocycles. The molecule has 1 heterocycles. The summed E-state index contributed by atoms with van der Waals surface area (Å²) in [6.45, 7) is 0.675. The molecular formula is C18H20N2O3. The molecule has 2 aromatic carbocycles. The Morgan fingerprint density at radius 2 is 2.17 bits per heavy atom. The number of rotatable bonds is 5. The fraction of sp³-hybridized carbons (Fsp3) is 0.278. The average molecular weight is 312 g/mol. The summed E-state index contributed by atoms with van der Waals surface area (Å²) in [7, 11) is 1.61. The first-order valence-electron chi connectivity index (χ1n) is 7.59. The van der Waals surface area contributed by atoms with Gasteiger partial charge in [0.25, 0.3) is 0 Å². The van der Waals surface area contributed by atoms with Crippen LogP contribution in [0.4, 0.5) is 0 Å². The third kappa shape index (κ3) is 3.14. The Bertz CT molecular complexity index is 702. The molecule has 1 aliphatic rings. The fourth-order valence-corrected chi connectivity index (χ4v) is 2.79. The van der Waals surface area contributed by atoms with Crippen molar-refractivity contribution in [3.8, 4) is 11.5 Å². The van der Waals surface area contributed by atoms with E-state index in [1.165, 1.54) is 0 Å². The first-order valence-corrected chi connectivity index (χ1v) is 7.59. The second-order valence-corrected chi connectivity index (χ2v) is 5.47. The van der Waals surface area contributed by atoms with Crippen LogP contribution in [0.1, 0.15) is 23.1 Å². The minimum absolute atomic E-state index is 0.0757. The smallest absolute Gasteiger partial charge is 0.231 e. The van der Waals surface area contributed by atoms with Gasteiger partial charge in [-0.05, 0) is 23.8 Å². The predicted octanol–water partition coefficient (Wildman–Crippen LogP) is 1.99. The molecular weight excluding hydrogens is 292 g/mol. The number of carbonyl (C=O) groups is 1. The lowest BCUT2D eigenvalue weighted by Gasteiger charge is -2.20. The van der Waals surface area contributed by atoms with Crippen molar-refractivity contribution < 1.29 is 14.3 Å². The summed E-state index contributed by atoms with van der Waals surface area (Å²) in [6, 6.07) is 14.9. The number of nitrogens with two attached hydrogens (primary N) is 1. The Kier molecular flexibility index (Phi) is 4.48. The van der Waals surface area contributed by atoms with Crippen molar-refractivity contribution in [3.05, 3.63) is 59.7 Å². The van der Waals surface area contributed by atoms with Gasteiger partial charge in [-0.15, -0.1) is 0 Å². The molecule has 23 heavy (non-hydrogen) atoms. The molecule has 0 saturated heterocycles. The van der Waals surface area contributed by atoms with Gasteiger partial charge < -0.3 is 20.5 Å². The fourth-order valence-electron chi connectivity index (χ4n) is 2.79. The van der Waals surface area contributed by atoms with Crippen LogP contribution in [0.2, 0.25) is 0 Å². The van der Waals surface area contributed by atoms with Crippen LogP contribution in [-0.4, -0.2) is 26.2 Å². The van der Waals surface area contributed by atoms with Crippen molar-refractivity contribution >= 4 is 5.91 Å².